The molecule has 0 atom stereocenters. The summed E-state index contributed by atoms with van der Waals surface area (Å²) >= 11 is 1.48. The minimum Gasteiger partial charge on any atom is -0.507 e. The third-order valence-corrected chi connectivity index (χ3v) is 4.23. The minimum absolute atomic E-state index is 0.00881. The Morgan fingerprint density at radius 3 is 3.10 bits per heavy atom. The third-order valence-electron chi connectivity index (χ3n) is 3.22. The second-order valence-corrected chi connectivity index (χ2v) is 5.87. The molecule has 20 heavy (non-hydrogen) atoms. The fraction of sp³-hybridized carbons (Fsp3) is 0.286. The van der Waals surface area contributed by atoms with Gasteiger partial charge in [0.15, 0.2) is 5.13 Å². The van der Waals surface area contributed by atoms with Crippen LogP contribution in [0.15, 0.2) is 18.2 Å². The third kappa shape index (κ3) is 2.52. The van der Waals surface area contributed by atoms with Crippen LogP contribution in [0.1, 0.15) is 26.5 Å². The van der Waals surface area contributed by atoms with Crippen LogP contribution in [-0.2, 0) is 13.0 Å². The molecular weight excluding hydrogens is 274 g/mol. The Hall–Kier alpha value is -1.92. The Kier molecular flexibility index (Phi) is 3.42. The highest BCUT2D eigenvalue weighted by Crippen LogP contribution is 2.26. The lowest BCUT2D eigenvalue weighted by molar-refractivity contribution is 0.102. The maximum atomic E-state index is 12.1. The number of fused-ring (bicyclic) bond motifs is 1. The van der Waals surface area contributed by atoms with E-state index >= 15 is 0 Å². The van der Waals surface area contributed by atoms with E-state index in [0.29, 0.717) is 5.13 Å². The molecule has 1 aromatic heterocycles. The van der Waals surface area contributed by atoms with Crippen molar-refractivity contribution in [2.45, 2.75) is 19.9 Å². The molecule has 3 N–H and O–H groups in total. The Bertz CT molecular complexity index is 643. The molecule has 3 rings (SSSR count). The van der Waals surface area contributed by atoms with Gasteiger partial charge in [-0.1, -0.05) is 6.07 Å². The number of carbonyl (C=O) groups is 1. The SMILES string of the molecule is Cc1ccc(C(=O)Nc2nc3c(s2)CNCC3)c(O)c1. The van der Waals surface area contributed by atoms with Gasteiger partial charge in [-0.2, -0.15) is 0 Å². The zero-order chi connectivity index (χ0) is 14.1. The summed E-state index contributed by atoms with van der Waals surface area (Å²) in [6, 6.07) is 4.99. The van der Waals surface area contributed by atoms with E-state index in [0.717, 1.165) is 30.8 Å². The first-order chi connectivity index (χ1) is 9.63. The number of amides is 1. The van der Waals surface area contributed by atoms with Gasteiger partial charge in [-0.3, -0.25) is 10.1 Å². The van der Waals surface area contributed by atoms with Crippen molar-refractivity contribution in [3.63, 3.8) is 0 Å². The van der Waals surface area contributed by atoms with Crippen LogP contribution >= 0.6 is 11.3 Å². The zero-order valence-electron chi connectivity index (χ0n) is 11.1. The van der Waals surface area contributed by atoms with Crippen molar-refractivity contribution in [2.75, 3.05) is 11.9 Å². The number of carbonyl (C=O) groups excluding carboxylic acids is 1. The number of hydrogen-bond acceptors (Lipinski definition) is 5. The van der Waals surface area contributed by atoms with Gasteiger partial charge in [-0.15, -0.1) is 11.3 Å². The summed E-state index contributed by atoms with van der Waals surface area (Å²) in [5, 5.41) is 16.4. The number of hydrogen-bond donors (Lipinski definition) is 3. The van der Waals surface area contributed by atoms with Crippen LogP contribution in [0.3, 0.4) is 0 Å². The van der Waals surface area contributed by atoms with E-state index in [1.54, 1.807) is 18.2 Å². The number of aryl methyl sites for hydroxylation is 1. The van der Waals surface area contributed by atoms with Crippen molar-refractivity contribution < 1.29 is 9.90 Å². The molecule has 0 aliphatic carbocycles. The molecule has 0 saturated heterocycles. The lowest BCUT2D eigenvalue weighted by Gasteiger charge is -2.09. The number of thiazole rings is 1. The van der Waals surface area contributed by atoms with Gasteiger partial charge in [0.25, 0.3) is 5.91 Å². The molecule has 1 amide bonds. The molecule has 2 heterocycles. The summed E-state index contributed by atoms with van der Waals surface area (Å²) in [5.41, 5.74) is 2.23. The van der Waals surface area contributed by atoms with Crippen LogP contribution in [0.25, 0.3) is 0 Å². The van der Waals surface area contributed by atoms with Crippen LogP contribution in [0, 0.1) is 6.92 Å². The molecule has 104 valence electrons. The number of rotatable bonds is 2. The number of anilines is 1. The van der Waals surface area contributed by atoms with Crippen LogP contribution in [0.2, 0.25) is 0 Å². The van der Waals surface area contributed by atoms with E-state index in [4.69, 9.17) is 0 Å². The number of phenols is 1. The zero-order valence-corrected chi connectivity index (χ0v) is 11.9. The topological polar surface area (TPSA) is 74.2 Å². The monoisotopic (exact) mass is 289 g/mol. The Balaban J connectivity index is 1.80. The molecule has 0 radical (unpaired) electrons. The Labute approximate surface area is 120 Å². The quantitative estimate of drug-likeness (QED) is 0.791. The van der Waals surface area contributed by atoms with Crippen LogP contribution in [0.4, 0.5) is 5.13 Å². The second-order valence-electron chi connectivity index (χ2n) is 4.79. The number of aromatic nitrogens is 1. The average Bonchev–Trinajstić information content (AvgIpc) is 2.80. The van der Waals surface area contributed by atoms with Crippen molar-refractivity contribution >= 4 is 22.4 Å². The molecule has 1 aliphatic heterocycles. The molecular formula is C14H15N3O2S. The molecule has 0 spiro atoms. The van der Waals surface area contributed by atoms with Gasteiger partial charge in [-0.25, -0.2) is 4.98 Å². The van der Waals surface area contributed by atoms with Crippen LogP contribution < -0.4 is 10.6 Å². The van der Waals surface area contributed by atoms with Gasteiger partial charge in [-0.05, 0) is 24.6 Å². The van der Waals surface area contributed by atoms with Gasteiger partial charge >= 0.3 is 0 Å². The van der Waals surface area contributed by atoms with Gasteiger partial charge in [0.2, 0.25) is 0 Å². The lowest BCUT2D eigenvalue weighted by atomic mass is 10.1. The predicted octanol–water partition coefficient (Wildman–Crippen LogP) is 2.06. The summed E-state index contributed by atoms with van der Waals surface area (Å²) in [4.78, 5) is 17.7. The summed E-state index contributed by atoms with van der Waals surface area (Å²) in [6.45, 7) is 3.59. The van der Waals surface area contributed by atoms with E-state index in [1.807, 2.05) is 6.92 Å². The highest BCUT2D eigenvalue weighted by molar-refractivity contribution is 7.15. The lowest BCUT2D eigenvalue weighted by Crippen LogP contribution is -2.22. The van der Waals surface area contributed by atoms with Crippen LogP contribution in [-0.4, -0.2) is 22.5 Å². The predicted molar refractivity (Wildman–Crippen MR) is 78.3 cm³/mol. The van der Waals surface area contributed by atoms with Crippen molar-refractivity contribution in [2.24, 2.45) is 0 Å². The summed E-state index contributed by atoms with van der Waals surface area (Å²) < 4.78 is 0. The van der Waals surface area contributed by atoms with Gasteiger partial charge in [0.1, 0.15) is 5.75 Å². The first-order valence-electron chi connectivity index (χ1n) is 6.44. The van der Waals surface area contributed by atoms with Crippen molar-refractivity contribution in [1.82, 2.24) is 10.3 Å². The standard InChI is InChI=1S/C14H15N3O2S/c1-8-2-3-9(11(18)6-8)13(19)17-14-16-10-4-5-15-7-12(10)20-14/h2-3,6,15,18H,4-5,7H2,1H3,(H,16,17,19). The number of phenolic OH excluding ortho intramolecular Hbond substituents is 1. The normalized spacial score (nSPS) is 13.8. The molecule has 0 fully saturated rings. The minimum atomic E-state index is -0.332. The summed E-state index contributed by atoms with van der Waals surface area (Å²) in [6.07, 6.45) is 0.886. The number of nitrogens with zero attached hydrogens (tertiary/aromatic N) is 1. The van der Waals surface area contributed by atoms with Crippen molar-refractivity contribution in [3.8, 4) is 5.75 Å². The van der Waals surface area contributed by atoms with Gasteiger partial charge in [0.05, 0.1) is 11.3 Å². The van der Waals surface area contributed by atoms with E-state index in [1.165, 1.54) is 16.2 Å². The summed E-state index contributed by atoms with van der Waals surface area (Å²) in [5.74, 6) is -0.341. The second kappa shape index (κ2) is 5.22. The molecule has 2 aromatic rings. The fourth-order valence-electron chi connectivity index (χ4n) is 2.18. The van der Waals surface area contributed by atoms with Crippen LogP contribution in [0.5, 0.6) is 5.75 Å². The molecule has 0 bridgehead atoms. The average molecular weight is 289 g/mol. The van der Waals surface area contributed by atoms with Gasteiger partial charge in [0, 0.05) is 24.4 Å². The molecule has 6 heteroatoms. The molecule has 1 aliphatic rings. The molecule has 1 aromatic carbocycles. The van der Waals surface area contributed by atoms with E-state index in [-0.39, 0.29) is 17.2 Å². The fourth-order valence-corrected chi connectivity index (χ4v) is 3.15. The molecule has 5 nitrogen and oxygen atoms in total. The smallest absolute Gasteiger partial charge is 0.261 e. The van der Waals surface area contributed by atoms with Crippen molar-refractivity contribution in [3.05, 3.63) is 39.9 Å². The first-order valence-corrected chi connectivity index (χ1v) is 7.25. The van der Waals surface area contributed by atoms with Gasteiger partial charge < -0.3 is 10.4 Å². The maximum Gasteiger partial charge on any atom is 0.261 e. The number of aromatic hydroxyl groups is 1. The Morgan fingerprint density at radius 2 is 2.35 bits per heavy atom. The highest BCUT2D eigenvalue weighted by Gasteiger charge is 2.17. The number of nitrogens with one attached hydrogen (secondary N) is 2. The number of benzene rings is 1. The highest BCUT2D eigenvalue weighted by atomic mass is 32.1. The first kappa shape index (κ1) is 13.1. The largest absolute Gasteiger partial charge is 0.507 e. The Morgan fingerprint density at radius 1 is 1.50 bits per heavy atom. The summed E-state index contributed by atoms with van der Waals surface area (Å²) in [7, 11) is 0. The van der Waals surface area contributed by atoms with E-state index in [2.05, 4.69) is 15.6 Å². The van der Waals surface area contributed by atoms with E-state index in [9.17, 15) is 9.90 Å². The maximum absolute atomic E-state index is 12.1. The molecule has 0 saturated carbocycles. The van der Waals surface area contributed by atoms with Crippen molar-refractivity contribution in [1.29, 1.82) is 0 Å². The van der Waals surface area contributed by atoms with E-state index < -0.39 is 0 Å². The molecule has 0 unspecified atom stereocenters.